The zero-order valence-corrected chi connectivity index (χ0v) is 24.9. The smallest absolute Gasteiger partial charge is 0.264 e. The lowest BCUT2D eigenvalue weighted by molar-refractivity contribution is -0.139. The minimum Gasteiger partial charge on any atom is -0.492 e. The van der Waals surface area contributed by atoms with Gasteiger partial charge in [0, 0.05) is 12.6 Å². The van der Waals surface area contributed by atoms with Gasteiger partial charge < -0.3 is 15.0 Å². The van der Waals surface area contributed by atoms with Crippen LogP contribution in [-0.4, -0.2) is 50.4 Å². The van der Waals surface area contributed by atoms with E-state index in [1.165, 1.54) is 41.3 Å². The summed E-state index contributed by atoms with van der Waals surface area (Å²) in [5.41, 5.74) is 1.67. The Morgan fingerprint density at radius 2 is 1.59 bits per heavy atom. The van der Waals surface area contributed by atoms with E-state index in [1.807, 2.05) is 20.8 Å². The number of aryl methyl sites for hydroxylation is 1. The lowest BCUT2D eigenvalue weighted by atomic mass is 10.1. The number of amides is 2. The largest absolute Gasteiger partial charge is 0.492 e. The van der Waals surface area contributed by atoms with Gasteiger partial charge in [-0.3, -0.25) is 13.9 Å². The highest BCUT2D eigenvalue weighted by Crippen LogP contribution is 2.33. The topological polar surface area (TPSA) is 96.0 Å². The predicted molar refractivity (Wildman–Crippen MR) is 158 cm³/mol. The first kappa shape index (κ1) is 31.6. The molecule has 0 fully saturated rings. The molecule has 1 N–H and O–H groups in total. The lowest BCUT2D eigenvalue weighted by Crippen LogP contribution is -2.52. The Balaban J connectivity index is 2.07. The molecule has 3 aromatic rings. The number of halogens is 1. The molecule has 0 saturated heterocycles. The van der Waals surface area contributed by atoms with Crippen molar-refractivity contribution in [2.45, 2.75) is 64.6 Å². The third-order valence-corrected chi connectivity index (χ3v) is 8.53. The molecule has 0 aliphatic rings. The molecule has 0 saturated carbocycles. The van der Waals surface area contributed by atoms with E-state index < -0.39 is 34.3 Å². The van der Waals surface area contributed by atoms with Crippen LogP contribution >= 0.6 is 0 Å². The molecule has 0 unspecified atom stereocenters. The summed E-state index contributed by atoms with van der Waals surface area (Å²) in [5, 5.41) is 2.89. The van der Waals surface area contributed by atoms with Crippen LogP contribution in [0, 0.1) is 12.7 Å². The van der Waals surface area contributed by atoms with E-state index >= 15 is 0 Å². The van der Waals surface area contributed by atoms with E-state index in [0.717, 1.165) is 9.87 Å². The Morgan fingerprint density at radius 1 is 0.951 bits per heavy atom. The highest BCUT2D eigenvalue weighted by molar-refractivity contribution is 7.92. The van der Waals surface area contributed by atoms with Crippen molar-refractivity contribution in [1.29, 1.82) is 0 Å². The molecule has 0 heterocycles. The van der Waals surface area contributed by atoms with E-state index in [0.29, 0.717) is 17.7 Å². The van der Waals surface area contributed by atoms with E-state index in [9.17, 15) is 22.4 Å². The highest BCUT2D eigenvalue weighted by Gasteiger charge is 2.34. The van der Waals surface area contributed by atoms with Crippen LogP contribution in [0.3, 0.4) is 0 Å². The van der Waals surface area contributed by atoms with Gasteiger partial charge in [-0.05, 0) is 76.1 Å². The Hall–Kier alpha value is -3.92. The van der Waals surface area contributed by atoms with Crippen LogP contribution in [0.5, 0.6) is 5.75 Å². The molecule has 3 aromatic carbocycles. The molecule has 0 aliphatic carbocycles. The highest BCUT2D eigenvalue weighted by atomic mass is 32.2. The van der Waals surface area contributed by atoms with Gasteiger partial charge in [-0.1, -0.05) is 48.9 Å². The third-order valence-electron chi connectivity index (χ3n) is 6.76. The molecule has 0 radical (unpaired) electrons. The maximum absolute atomic E-state index is 14.0. The molecule has 3 rings (SSSR count). The zero-order valence-electron chi connectivity index (χ0n) is 24.1. The Labute approximate surface area is 242 Å². The first-order valence-corrected chi connectivity index (χ1v) is 15.1. The Kier molecular flexibility index (Phi) is 10.9. The standard InChI is InChI=1S/C31H38FN3O5S/c1-6-23(4)33-31(37)24(5)34(20-25-14-16-26(32)17-15-25)30(36)21-35(28-10-8-9-11-29(28)40-7-2)41(38,39)27-18-12-22(3)13-19-27/h8-19,23-24H,6-7,20-21H2,1-5H3,(H,33,37)/t23-,24-/m1/s1. The molecular weight excluding hydrogens is 545 g/mol. The Bertz CT molecular complexity index is 1430. The first-order chi connectivity index (χ1) is 19.5. The fourth-order valence-corrected chi connectivity index (χ4v) is 5.55. The van der Waals surface area contributed by atoms with Gasteiger partial charge >= 0.3 is 0 Å². The van der Waals surface area contributed by atoms with Crippen LogP contribution in [0.15, 0.2) is 77.7 Å². The van der Waals surface area contributed by atoms with Crippen molar-refractivity contribution in [3.63, 3.8) is 0 Å². The second-order valence-electron chi connectivity index (χ2n) is 9.87. The van der Waals surface area contributed by atoms with Crippen molar-refractivity contribution >= 4 is 27.5 Å². The number of carbonyl (C=O) groups excluding carboxylic acids is 2. The number of carbonyl (C=O) groups is 2. The van der Waals surface area contributed by atoms with Gasteiger partial charge in [-0.2, -0.15) is 0 Å². The summed E-state index contributed by atoms with van der Waals surface area (Å²) in [5.74, 6) is -1.12. The van der Waals surface area contributed by atoms with E-state index in [1.54, 1.807) is 50.2 Å². The number of nitrogens with one attached hydrogen (secondary N) is 1. The van der Waals surface area contributed by atoms with Crippen molar-refractivity contribution in [1.82, 2.24) is 10.2 Å². The number of hydrogen-bond donors (Lipinski definition) is 1. The fourth-order valence-electron chi connectivity index (χ4n) is 4.13. The van der Waals surface area contributed by atoms with E-state index in [-0.39, 0.29) is 35.7 Å². The number of benzene rings is 3. The maximum atomic E-state index is 14.0. The number of para-hydroxylation sites is 2. The minimum absolute atomic E-state index is 0.00912. The van der Waals surface area contributed by atoms with Gasteiger partial charge in [0.25, 0.3) is 10.0 Å². The average Bonchev–Trinajstić information content (AvgIpc) is 2.95. The summed E-state index contributed by atoms with van der Waals surface area (Å²) in [7, 11) is -4.23. The molecule has 0 aliphatic heterocycles. The third kappa shape index (κ3) is 8.07. The number of anilines is 1. The van der Waals surface area contributed by atoms with Crippen molar-refractivity contribution in [3.8, 4) is 5.75 Å². The summed E-state index contributed by atoms with van der Waals surface area (Å²) in [6.07, 6.45) is 0.696. The molecule has 220 valence electrons. The van der Waals surface area contributed by atoms with Crippen molar-refractivity contribution in [3.05, 3.63) is 89.7 Å². The Morgan fingerprint density at radius 3 is 2.20 bits per heavy atom. The SMILES string of the molecule is CCOc1ccccc1N(CC(=O)N(Cc1ccc(F)cc1)[C@H](C)C(=O)N[C@H](C)CC)S(=O)(=O)c1ccc(C)cc1. The molecule has 0 spiro atoms. The summed E-state index contributed by atoms with van der Waals surface area (Å²) in [6, 6.07) is 17.5. The van der Waals surface area contributed by atoms with E-state index in [2.05, 4.69) is 5.32 Å². The van der Waals surface area contributed by atoms with Gasteiger partial charge in [0.1, 0.15) is 24.2 Å². The number of hydrogen-bond acceptors (Lipinski definition) is 5. The number of nitrogens with zero attached hydrogens (tertiary/aromatic N) is 2. The van der Waals surface area contributed by atoms with Crippen molar-refractivity contribution in [2.24, 2.45) is 0 Å². The number of sulfonamides is 1. The van der Waals surface area contributed by atoms with Gasteiger partial charge in [0.15, 0.2) is 0 Å². The molecule has 2 atom stereocenters. The monoisotopic (exact) mass is 583 g/mol. The van der Waals surface area contributed by atoms with Gasteiger partial charge in [-0.25, -0.2) is 12.8 Å². The number of ether oxygens (including phenoxy) is 1. The lowest BCUT2D eigenvalue weighted by Gasteiger charge is -2.33. The predicted octanol–water partition coefficient (Wildman–Crippen LogP) is 5.06. The van der Waals surface area contributed by atoms with Crippen molar-refractivity contribution < 1.29 is 27.1 Å². The van der Waals surface area contributed by atoms with Crippen molar-refractivity contribution in [2.75, 3.05) is 17.5 Å². The van der Waals surface area contributed by atoms with E-state index in [4.69, 9.17) is 4.74 Å². The summed E-state index contributed by atoms with van der Waals surface area (Å²) >= 11 is 0. The summed E-state index contributed by atoms with van der Waals surface area (Å²) in [6.45, 7) is 8.67. The molecular formula is C31H38FN3O5S. The second-order valence-corrected chi connectivity index (χ2v) is 11.7. The van der Waals surface area contributed by atoms with Gasteiger partial charge in [-0.15, -0.1) is 0 Å². The second kappa shape index (κ2) is 14.1. The zero-order chi connectivity index (χ0) is 30.2. The molecule has 0 aromatic heterocycles. The quantitative estimate of drug-likeness (QED) is 0.304. The fraction of sp³-hybridized carbons (Fsp3) is 0.355. The normalized spacial score (nSPS) is 12.7. The molecule has 0 bridgehead atoms. The van der Waals surface area contributed by atoms with Crippen LogP contribution in [0.4, 0.5) is 10.1 Å². The van der Waals surface area contributed by atoms with Crippen LogP contribution in [0.2, 0.25) is 0 Å². The van der Waals surface area contributed by atoms with Crippen LogP contribution in [0.25, 0.3) is 0 Å². The molecule has 10 heteroatoms. The first-order valence-electron chi connectivity index (χ1n) is 13.6. The van der Waals surface area contributed by atoms with Crippen LogP contribution in [-0.2, 0) is 26.2 Å². The van der Waals surface area contributed by atoms with Gasteiger partial charge in [0.2, 0.25) is 11.8 Å². The average molecular weight is 584 g/mol. The number of rotatable bonds is 13. The molecule has 2 amide bonds. The minimum atomic E-state index is -4.23. The van der Waals surface area contributed by atoms with Crippen LogP contribution < -0.4 is 14.4 Å². The molecule has 41 heavy (non-hydrogen) atoms. The summed E-state index contributed by atoms with van der Waals surface area (Å²) < 4.78 is 48.4. The maximum Gasteiger partial charge on any atom is 0.264 e. The van der Waals surface area contributed by atoms with Crippen LogP contribution in [0.1, 0.15) is 45.2 Å². The summed E-state index contributed by atoms with van der Waals surface area (Å²) in [4.78, 5) is 28.5. The van der Waals surface area contributed by atoms with Gasteiger partial charge in [0.05, 0.1) is 17.2 Å². The molecule has 8 nitrogen and oxygen atoms in total.